The lowest BCUT2D eigenvalue weighted by molar-refractivity contribution is -0.136. The summed E-state index contributed by atoms with van der Waals surface area (Å²) in [7, 11) is 0. The Balaban J connectivity index is 1.37. The van der Waals surface area contributed by atoms with Gasteiger partial charge in [0, 0.05) is 30.4 Å². The summed E-state index contributed by atoms with van der Waals surface area (Å²) in [4.78, 5) is 29.8. The Labute approximate surface area is 188 Å². The molecule has 2 amide bonds. The van der Waals surface area contributed by atoms with Gasteiger partial charge in [0.2, 0.25) is 11.8 Å². The number of fused-ring (bicyclic) bond motifs is 2. The molecule has 2 aliphatic carbocycles. The molecule has 1 aromatic heterocycles. The van der Waals surface area contributed by atoms with E-state index >= 15 is 0 Å². The van der Waals surface area contributed by atoms with Crippen LogP contribution in [0, 0.1) is 23.2 Å². The van der Waals surface area contributed by atoms with E-state index in [2.05, 4.69) is 59.2 Å². The van der Waals surface area contributed by atoms with Crippen LogP contribution in [0.5, 0.6) is 0 Å². The van der Waals surface area contributed by atoms with Crippen LogP contribution in [0.4, 0.5) is 0 Å². The number of hydrogen-bond acceptors (Lipinski definition) is 3. The number of likely N-dealkylation sites (tertiary alicyclic amines) is 1. The van der Waals surface area contributed by atoms with Gasteiger partial charge in [-0.25, -0.2) is 0 Å². The molecular weight excluding hydrogens is 404 g/mol. The summed E-state index contributed by atoms with van der Waals surface area (Å²) in [5, 5.41) is 5.15. The molecule has 1 N–H and O–H groups in total. The van der Waals surface area contributed by atoms with Gasteiger partial charge in [-0.3, -0.25) is 9.59 Å². The number of rotatable bonds is 6. The highest BCUT2D eigenvalue weighted by Gasteiger charge is 2.49. The number of nitrogens with zero attached hydrogens (tertiary/aromatic N) is 1. The van der Waals surface area contributed by atoms with Gasteiger partial charge in [-0.2, -0.15) is 0 Å². The minimum Gasteiger partial charge on any atom is -0.356 e. The largest absolute Gasteiger partial charge is 0.356 e. The molecule has 2 fully saturated rings. The van der Waals surface area contributed by atoms with E-state index in [1.54, 1.807) is 11.3 Å². The van der Waals surface area contributed by atoms with Gasteiger partial charge in [-0.15, -0.1) is 11.3 Å². The van der Waals surface area contributed by atoms with Crippen LogP contribution < -0.4 is 5.32 Å². The zero-order valence-electron chi connectivity index (χ0n) is 18.0. The van der Waals surface area contributed by atoms with Crippen molar-refractivity contribution in [1.82, 2.24) is 10.2 Å². The summed E-state index contributed by atoms with van der Waals surface area (Å²) >= 11 is 1.73. The number of amides is 2. The van der Waals surface area contributed by atoms with Crippen molar-refractivity contribution in [3.63, 3.8) is 0 Å². The van der Waals surface area contributed by atoms with E-state index < -0.39 is 5.41 Å². The molecule has 1 aliphatic heterocycles. The van der Waals surface area contributed by atoms with Gasteiger partial charge in [0.15, 0.2) is 0 Å². The van der Waals surface area contributed by atoms with Crippen LogP contribution in [-0.4, -0.2) is 36.3 Å². The molecule has 4 nitrogen and oxygen atoms in total. The molecular formula is C26H30N2O2S. The summed E-state index contributed by atoms with van der Waals surface area (Å²) in [5.74, 6) is 1.44. The number of nitrogens with one attached hydrogen (secondary N) is 1. The topological polar surface area (TPSA) is 49.4 Å². The van der Waals surface area contributed by atoms with Crippen molar-refractivity contribution in [3.8, 4) is 10.4 Å². The molecule has 0 spiro atoms. The highest BCUT2D eigenvalue weighted by molar-refractivity contribution is 7.13. The first-order valence-electron chi connectivity index (χ1n) is 11.5. The lowest BCUT2D eigenvalue weighted by Crippen LogP contribution is -2.46. The number of carbonyl (C=O) groups is 2. The average molecular weight is 435 g/mol. The smallest absolute Gasteiger partial charge is 0.228 e. The summed E-state index contributed by atoms with van der Waals surface area (Å²) in [6, 6.07) is 12.7. The highest BCUT2D eigenvalue weighted by Crippen LogP contribution is 2.45. The zero-order chi connectivity index (χ0) is 21.4. The lowest BCUT2D eigenvalue weighted by atomic mass is 9.79. The lowest BCUT2D eigenvalue weighted by Gasteiger charge is -2.30. The monoisotopic (exact) mass is 434 g/mol. The maximum Gasteiger partial charge on any atom is 0.228 e. The minimum atomic E-state index is -0.548. The second kappa shape index (κ2) is 8.27. The fourth-order valence-corrected chi connectivity index (χ4v) is 6.51. The molecule has 4 atom stereocenters. The first-order chi connectivity index (χ1) is 15.1. The Hall–Kier alpha value is -2.40. The minimum absolute atomic E-state index is 0.0830. The van der Waals surface area contributed by atoms with Gasteiger partial charge in [0.1, 0.15) is 0 Å². The van der Waals surface area contributed by atoms with Crippen LogP contribution in [0.25, 0.3) is 10.4 Å². The standard InChI is InChI=1S/C26H30N2O2S/c1-2-27-25(30)26(16-19-5-3-6-21(14-19)23-7-4-12-31-23)10-11-28(17-26)24(29)22-15-18-8-9-20(22)13-18/h3-9,12,14,18,20,22H,2,10-11,13,15-17H2,1H3,(H,27,30)/t18-,20+,22-,26-/m1/s1. The maximum absolute atomic E-state index is 13.3. The van der Waals surface area contributed by atoms with E-state index in [-0.39, 0.29) is 17.7 Å². The Kier molecular flexibility index (Phi) is 5.47. The van der Waals surface area contributed by atoms with Crippen molar-refractivity contribution in [2.75, 3.05) is 19.6 Å². The highest BCUT2D eigenvalue weighted by atomic mass is 32.1. The van der Waals surface area contributed by atoms with Crippen molar-refractivity contribution >= 4 is 23.2 Å². The van der Waals surface area contributed by atoms with Crippen LogP contribution >= 0.6 is 11.3 Å². The second-order valence-corrected chi connectivity index (χ2v) is 10.3. The molecule has 2 aromatic rings. The van der Waals surface area contributed by atoms with Crippen LogP contribution in [0.1, 0.15) is 31.7 Å². The van der Waals surface area contributed by atoms with Crippen LogP contribution in [0.15, 0.2) is 53.9 Å². The number of allylic oxidation sites excluding steroid dienone is 2. The van der Waals surface area contributed by atoms with E-state index in [0.717, 1.165) is 24.8 Å². The molecule has 1 saturated heterocycles. The molecule has 2 heterocycles. The summed E-state index contributed by atoms with van der Waals surface area (Å²) in [6.45, 7) is 3.78. The normalized spacial score (nSPS) is 28.9. The number of hydrogen-bond donors (Lipinski definition) is 1. The van der Waals surface area contributed by atoms with Crippen molar-refractivity contribution < 1.29 is 9.59 Å². The van der Waals surface area contributed by atoms with E-state index in [1.165, 1.54) is 10.4 Å². The second-order valence-electron chi connectivity index (χ2n) is 9.39. The predicted molar refractivity (Wildman–Crippen MR) is 125 cm³/mol. The Morgan fingerprint density at radius 2 is 2.10 bits per heavy atom. The van der Waals surface area contributed by atoms with Gasteiger partial charge >= 0.3 is 0 Å². The van der Waals surface area contributed by atoms with E-state index in [1.807, 2.05) is 11.8 Å². The molecule has 31 heavy (non-hydrogen) atoms. The third-order valence-electron chi connectivity index (χ3n) is 7.36. The number of benzene rings is 1. The van der Waals surface area contributed by atoms with Crippen molar-refractivity contribution in [3.05, 3.63) is 59.5 Å². The van der Waals surface area contributed by atoms with Crippen LogP contribution in [0.3, 0.4) is 0 Å². The number of carbonyl (C=O) groups excluding carboxylic acids is 2. The molecule has 1 saturated carbocycles. The molecule has 162 valence electrons. The molecule has 5 rings (SSSR count). The average Bonchev–Trinajstić information content (AvgIpc) is 3.58. The third kappa shape index (κ3) is 3.84. The van der Waals surface area contributed by atoms with E-state index in [0.29, 0.717) is 37.9 Å². The fraction of sp³-hybridized carbons (Fsp3) is 0.462. The Bertz CT molecular complexity index is 999. The van der Waals surface area contributed by atoms with Crippen molar-refractivity contribution in [1.29, 1.82) is 0 Å². The summed E-state index contributed by atoms with van der Waals surface area (Å²) in [6.07, 6.45) is 8.01. The fourth-order valence-electron chi connectivity index (χ4n) is 5.79. The van der Waals surface area contributed by atoms with Gasteiger partial charge in [0.25, 0.3) is 0 Å². The Morgan fingerprint density at radius 1 is 1.19 bits per heavy atom. The quantitative estimate of drug-likeness (QED) is 0.680. The third-order valence-corrected chi connectivity index (χ3v) is 8.27. The van der Waals surface area contributed by atoms with Crippen molar-refractivity contribution in [2.45, 2.75) is 32.6 Å². The van der Waals surface area contributed by atoms with Gasteiger partial charge in [0.05, 0.1) is 5.41 Å². The maximum atomic E-state index is 13.3. The molecule has 3 aliphatic rings. The summed E-state index contributed by atoms with van der Waals surface area (Å²) in [5.41, 5.74) is 1.81. The molecule has 5 heteroatoms. The van der Waals surface area contributed by atoms with Gasteiger partial charge in [-0.1, -0.05) is 42.5 Å². The van der Waals surface area contributed by atoms with Crippen molar-refractivity contribution in [2.24, 2.45) is 23.2 Å². The zero-order valence-corrected chi connectivity index (χ0v) is 18.9. The summed E-state index contributed by atoms with van der Waals surface area (Å²) < 4.78 is 0. The first kappa shape index (κ1) is 20.5. The number of thiophene rings is 1. The van der Waals surface area contributed by atoms with Crippen LogP contribution in [-0.2, 0) is 16.0 Å². The van der Waals surface area contributed by atoms with Gasteiger partial charge < -0.3 is 10.2 Å². The first-order valence-corrected chi connectivity index (χ1v) is 12.3. The molecule has 1 aromatic carbocycles. The Morgan fingerprint density at radius 3 is 2.81 bits per heavy atom. The van der Waals surface area contributed by atoms with Gasteiger partial charge in [-0.05, 0) is 67.0 Å². The molecule has 0 unspecified atom stereocenters. The van der Waals surface area contributed by atoms with E-state index in [9.17, 15) is 9.59 Å². The van der Waals surface area contributed by atoms with Crippen LogP contribution in [0.2, 0.25) is 0 Å². The predicted octanol–water partition coefficient (Wildman–Crippen LogP) is 4.52. The molecule has 2 bridgehead atoms. The molecule has 0 radical (unpaired) electrons. The van der Waals surface area contributed by atoms with E-state index in [4.69, 9.17) is 0 Å². The SMILES string of the molecule is CCNC(=O)[C@@]1(Cc2cccc(-c3cccs3)c2)CCN(C(=O)[C@@H]2C[C@@H]3C=C[C@H]2C3)C1.